The topological polar surface area (TPSA) is 105 Å². The molecule has 112 valence electrons. The number of carbonyl (C=O) groups is 3. The van der Waals surface area contributed by atoms with E-state index in [2.05, 4.69) is 0 Å². The quantitative estimate of drug-likeness (QED) is 0.499. The van der Waals surface area contributed by atoms with Crippen LogP contribution < -0.4 is 0 Å². The Labute approximate surface area is 115 Å². The summed E-state index contributed by atoms with van der Waals surface area (Å²) in [5, 5.41) is 11.6. The van der Waals surface area contributed by atoms with Gasteiger partial charge in [0.2, 0.25) is 0 Å². The third kappa shape index (κ3) is 3.46. The summed E-state index contributed by atoms with van der Waals surface area (Å²) in [5.41, 5.74) is -0.389. The average Bonchev–Trinajstić information content (AvgIpc) is 2.66. The predicted octanol–water partition coefficient (Wildman–Crippen LogP) is -0.0270. The van der Waals surface area contributed by atoms with E-state index in [-0.39, 0.29) is 36.0 Å². The molecule has 0 saturated heterocycles. The summed E-state index contributed by atoms with van der Waals surface area (Å²) in [4.78, 5) is 39.4. The summed E-state index contributed by atoms with van der Waals surface area (Å²) in [7, 11) is 0. The zero-order valence-electron chi connectivity index (χ0n) is 11.6. The highest BCUT2D eigenvalue weighted by molar-refractivity contribution is 6.36. The van der Waals surface area contributed by atoms with Crippen molar-refractivity contribution >= 4 is 23.4 Å². The number of ether oxygens (including phenoxy) is 2. The van der Waals surface area contributed by atoms with Gasteiger partial charge < -0.3 is 19.1 Å². The molecule has 0 aliphatic carbocycles. The molecule has 20 heavy (non-hydrogen) atoms. The van der Waals surface area contributed by atoms with Gasteiger partial charge in [-0.15, -0.1) is 0 Å². The number of esters is 2. The lowest BCUT2D eigenvalue weighted by atomic mass is 9.92. The molecule has 0 aromatic rings. The first-order chi connectivity index (χ1) is 9.42. The lowest BCUT2D eigenvalue weighted by Gasteiger charge is -2.15. The standard InChI is InChI=1S/C12H17NO7/c1-4-18-11(15)9-8(6-7(3)14)10(20-13(9)17)12(16)19-5-2/h8,10H,4-6H2,1-3H3/t8-,10+/m1/s1. The molecule has 8 heteroatoms. The number of hydrogen-bond acceptors (Lipinski definition) is 7. The van der Waals surface area contributed by atoms with Gasteiger partial charge in [0.05, 0.1) is 24.0 Å². The van der Waals surface area contributed by atoms with Crippen LogP contribution in [-0.4, -0.2) is 47.7 Å². The van der Waals surface area contributed by atoms with Gasteiger partial charge in [0.25, 0.3) is 0 Å². The Kier molecular flexibility index (Phi) is 5.48. The Morgan fingerprint density at radius 1 is 1.25 bits per heavy atom. The Balaban J connectivity index is 3.01. The third-order valence-electron chi connectivity index (χ3n) is 2.63. The van der Waals surface area contributed by atoms with Gasteiger partial charge in [0.1, 0.15) is 5.78 Å². The van der Waals surface area contributed by atoms with Gasteiger partial charge >= 0.3 is 17.7 Å². The van der Waals surface area contributed by atoms with Crippen molar-refractivity contribution in [1.29, 1.82) is 0 Å². The van der Waals surface area contributed by atoms with Crippen molar-refractivity contribution in [2.24, 2.45) is 5.92 Å². The Bertz CT molecular complexity index is 443. The summed E-state index contributed by atoms with van der Waals surface area (Å²) in [5.74, 6) is -2.98. The van der Waals surface area contributed by atoms with Gasteiger partial charge in [-0.25, -0.2) is 4.79 Å². The molecule has 8 nitrogen and oxygen atoms in total. The Hall–Kier alpha value is -2.12. The van der Waals surface area contributed by atoms with Crippen molar-refractivity contribution in [1.82, 2.24) is 0 Å². The molecule has 1 aliphatic rings. The van der Waals surface area contributed by atoms with Crippen molar-refractivity contribution in [3.8, 4) is 0 Å². The third-order valence-corrected chi connectivity index (χ3v) is 2.63. The maximum absolute atomic E-state index is 11.7. The van der Waals surface area contributed by atoms with Crippen molar-refractivity contribution in [3.05, 3.63) is 5.21 Å². The molecule has 0 unspecified atom stereocenters. The van der Waals surface area contributed by atoms with Crippen LogP contribution in [0.5, 0.6) is 0 Å². The monoisotopic (exact) mass is 287 g/mol. The fraction of sp³-hybridized carbons (Fsp3) is 0.667. The fourth-order valence-corrected chi connectivity index (χ4v) is 1.89. The van der Waals surface area contributed by atoms with Crippen LogP contribution in [0.2, 0.25) is 0 Å². The minimum atomic E-state index is -1.31. The lowest BCUT2D eigenvalue weighted by Crippen LogP contribution is -2.37. The number of hydrogen-bond donors (Lipinski definition) is 0. The van der Waals surface area contributed by atoms with Crippen LogP contribution in [0, 0.1) is 11.1 Å². The Morgan fingerprint density at radius 3 is 2.35 bits per heavy atom. The minimum absolute atomic E-state index is 0.0623. The van der Waals surface area contributed by atoms with Gasteiger partial charge in [-0.2, -0.15) is 0 Å². The van der Waals surface area contributed by atoms with E-state index in [1.54, 1.807) is 13.8 Å². The molecule has 1 rings (SSSR count). The van der Waals surface area contributed by atoms with Crippen LogP contribution >= 0.6 is 0 Å². The fourth-order valence-electron chi connectivity index (χ4n) is 1.89. The molecule has 0 amide bonds. The second kappa shape index (κ2) is 6.88. The summed E-state index contributed by atoms with van der Waals surface area (Å²) in [6.45, 7) is 4.62. The lowest BCUT2D eigenvalue weighted by molar-refractivity contribution is -0.737. The zero-order chi connectivity index (χ0) is 15.3. The highest BCUT2D eigenvalue weighted by Crippen LogP contribution is 2.24. The predicted molar refractivity (Wildman–Crippen MR) is 65.6 cm³/mol. The van der Waals surface area contributed by atoms with E-state index in [1.807, 2.05) is 0 Å². The van der Waals surface area contributed by atoms with Crippen LogP contribution in [0.25, 0.3) is 0 Å². The molecular weight excluding hydrogens is 270 g/mol. The molecule has 0 fully saturated rings. The number of nitrogens with zero attached hydrogens (tertiary/aromatic N) is 1. The molecule has 0 bridgehead atoms. The smallest absolute Gasteiger partial charge is 0.405 e. The second-order valence-electron chi connectivity index (χ2n) is 4.15. The van der Waals surface area contributed by atoms with Crippen molar-refractivity contribution in [2.75, 3.05) is 13.2 Å². The molecule has 0 saturated carbocycles. The summed E-state index contributed by atoms with van der Waals surface area (Å²) < 4.78 is 9.50. The van der Waals surface area contributed by atoms with E-state index < -0.39 is 24.0 Å². The molecule has 1 aliphatic heterocycles. The Morgan fingerprint density at radius 2 is 1.85 bits per heavy atom. The van der Waals surface area contributed by atoms with Gasteiger partial charge in [0.15, 0.2) is 6.10 Å². The zero-order valence-corrected chi connectivity index (χ0v) is 11.6. The van der Waals surface area contributed by atoms with E-state index in [1.165, 1.54) is 6.92 Å². The van der Waals surface area contributed by atoms with E-state index in [4.69, 9.17) is 14.3 Å². The average molecular weight is 287 g/mol. The maximum Gasteiger partial charge on any atom is 0.405 e. The maximum atomic E-state index is 11.7. The highest BCUT2D eigenvalue weighted by Gasteiger charge is 2.49. The molecule has 0 aromatic carbocycles. The molecule has 0 aromatic heterocycles. The first-order valence-corrected chi connectivity index (χ1v) is 6.26. The van der Waals surface area contributed by atoms with E-state index >= 15 is 0 Å². The van der Waals surface area contributed by atoms with Crippen molar-refractivity contribution < 1.29 is 33.6 Å². The van der Waals surface area contributed by atoms with Crippen LogP contribution in [0.15, 0.2) is 0 Å². The van der Waals surface area contributed by atoms with Gasteiger partial charge in [-0.05, 0) is 20.8 Å². The van der Waals surface area contributed by atoms with Crippen LogP contribution in [0.3, 0.4) is 0 Å². The van der Waals surface area contributed by atoms with Crippen LogP contribution in [-0.2, 0) is 28.7 Å². The minimum Gasteiger partial charge on any atom is -0.465 e. The first kappa shape index (κ1) is 15.9. The summed E-state index contributed by atoms with van der Waals surface area (Å²) >= 11 is 0. The number of ketones is 1. The SMILES string of the molecule is CCOC(=O)C1=[N+]([O-])O[C@H](C(=O)OCC)[C@@H]1CC(C)=O. The molecule has 0 N–H and O–H groups in total. The first-order valence-electron chi connectivity index (χ1n) is 6.26. The molecule has 2 atom stereocenters. The van der Waals surface area contributed by atoms with Crippen LogP contribution in [0.4, 0.5) is 0 Å². The molecule has 0 radical (unpaired) electrons. The van der Waals surface area contributed by atoms with Gasteiger partial charge in [-0.3, -0.25) is 10.0 Å². The van der Waals surface area contributed by atoms with E-state index in [9.17, 15) is 19.6 Å². The van der Waals surface area contributed by atoms with Crippen molar-refractivity contribution in [2.45, 2.75) is 33.3 Å². The number of carbonyl (C=O) groups excluding carboxylic acids is 3. The highest BCUT2D eigenvalue weighted by atomic mass is 16.9. The number of Topliss-reactive ketones (excluding diaryl/α,β-unsaturated/α-hetero) is 1. The summed E-state index contributed by atoms with van der Waals surface area (Å²) in [6, 6.07) is 0. The van der Waals surface area contributed by atoms with Crippen molar-refractivity contribution in [3.63, 3.8) is 0 Å². The molecule has 0 spiro atoms. The van der Waals surface area contributed by atoms with E-state index in [0.717, 1.165) is 0 Å². The second-order valence-corrected chi connectivity index (χ2v) is 4.15. The number of rotatable bonds is 6. The largest absolute Gasteiger partial charge is 0.465 e. The van der Waals surface area contributed by atoms with E-state index in [0.29, 0.717) is 0 Å². The van der Waals surface area contributed by atoms with Gasteiger partial charge in [0, 0.05) is 6.42 Å². The normalized spacial score (nSPS) is 21.4. The molecular formula is C12H17NO7. The van der Waals surface area contributed by atoms with Gasteiger partial charge in [-0.1, -0.05) is 0 Å². The molecule has 1 heterocycles. The summed E-state index contributed by atoms with van der Waals surface area (Å²) in [6.07, 6.45) is -1.49. The van der Waals surface area contributed by atoms with Crippen LogP contribution in [0.1, 0.15) is 27.2 Å².